The Balaban J connectivity index is 2.40. The number of hydrogen-bond donors (Lipinski definition) is 1. The van der Waals surface area contributed by atoms with Crippen molar-refractivity contribution in [2.75, 3.05) is 14.2 Å². The maximum atomic E-state index is 5.04. The second kappa shape index (κ2) is 5.80. The van der Waals surface area contributed by atoms with Crippen LogP contribution in [0.2, 0.25) is 0 Å². The summed E-state index contributed by atoms with van der Waals surface area (Å²) in [5.41, 5.74) is 4.66. The predicted molar refractivity (Wildman–Crippen MR) is 75.4 cm³/mol. The van der Waals surface area contributed by atoms with Gasteiger partial charge in [0.15, 0.2) is 0 Å². The van der Waals surface area contributed by atoms with E-state index in [1.807, 2.05) is 19.2 Å². The third-order valence-corrected chi connectivity index (χ3v) is 3.41. The van der Waals surface area contributed by atoms with Gasteiger partial charge in [0.05, 0.1) is 18.8 Å². The van der Waals surface area contributed by atoms with Gasteiger partial charge in [-0.15, -0.1) is 10.2 Å². The van der Waals surface area contributed by atoms with Crippen molar-refractivity contribution in [3.8, 4) is 5.88 Å². The Kier molecular flexibility index (Phi) is 4.12. The molecule has 0 aliphatic heterocycles. The fraction of sp³-hybridized carbons (Fsp3) is 0.333. The number of nitrogens with zero attached hydrogens (tertiary/aromatic N) is 2. The SMILES string of the molecule is CNC(c1ccc(OC)nn1)c1cccc(C)c1C. The van der Waals surface area contributed by atoms with Crippen LogP contribution in [0.25, 0.3) is 0 Å². The molecule has 2 aromatic rings. The van der Waals surface area contributed by atoms with E-state index in [9.17, 15) is 0 Å². The molecule has 1 aromatic carbocycles. The van der Waals surface area contributed by atoms with Crippen molar-refractivity contribution in [1.82, 2.24) is 15.5 Å². The number of rotatable bonds is 4. The minimum absolute atomic E-state index is 0.0401. The third-order valence-electron chi connectivity index (χ3n) is 3.41. The molecule has 0 saturated heterocycles. The van der Waals surface area contributed by atoms with Crippen molar-refractivity contribution in [2.45, 2.75) is 19.9 Å². The number of methoxy groups -OCH3 is 1. The molecular weight excluding hydrogens is 238 g/mol. The Bertz CT molecular complexity index is 552. The summed E-state index contributed by atoms with van der Waals surface area (Å²) in [6, 6.07) is 10.1. The Morgan fingerprint density at radius 2 is 1.89 bits per heavy atom. The van der Waals surface area contributed by atoms with Crippen LogP contribution in [-0.4, -0.2) is 24.4 Å². The van der Waals surface area contributed by atoms with Crippen LogP contribution in [0.1, 0.15) is 28.4 Å². The zero-order valence-corrected chi connectivity index (χ0v) is 11.8. The molecule has 1 N–H and O–H groups in total. The normalized spacial score (nSPS) is 12.2. The molecule has 0 saturated carbocycles. The minimum atomic E-state index is 0.0401. The Labute approximate surface area is 113 Å². The number of hydrogen-bond acceptors (Lipinski definition) is 4. The zero-order valence-electron chi connectivity index (χ0n) is 11.8. The molecule has 2 rings (SSSR count). The van der Waals surface area contributed by atoms with Crippen LogP contribution in [0.5, 0.6) is 5.88 Å². The summed E-state index contributed by atoms with van der Waals surface area (Å²) in [4.78, 5) is 0. The van der Waals surface area contributed by atoms with Gasteiger partial charge in [-0.05, 0) is 43.7 Å². The van der Waals surface area contributed by atoms with Crippen molar-refractivity contribution in [2.24, 2.45) is 0 Å². The minimum Gasteiger partial charge on any atom is -0.480 e. The first-order valence-corrected chi connectivity index (χ1v) is 6.28. The van der Waals surface area contributed by atoms with Crippen LogP contribution in [-0.2, 0) is 0 Å². The lowest BCUT2D eigenvalue weighted by Crippen LogP contribution is -2.20. The van der Waals surface area contributed by atoms with E-state index < -0.39 is 0 Å². The van der Waals surface area contributed by atoms with Gasteiger partial charge in [-0.25, -0.2) is 0 Å². The highest BCUT2D eigenvalue weighted by Gasteiger charge is 2.16. The lowest BCUT2D eigenvalue weighted by atomic mass is 9.95. The van der Waals surface area contributed by atoms with Crippen molar-refractivity contribution >= 4 is 0 Å². The lowest BCUT2D eigenvalue weighted by Gasteiger charge is -2.19. The highest BCUT2D eigenvalue weighted by Crippen LogP contribution is 2.25. The number of nitrogens with one attached hydrogen (secondary N) is 1. The van der Waals surface area contributed by atoms with E-state index in [4.69, 9.17) is 4.74 Å². The Morgan fingerprint density at radius 1 is 1.11 bits per heavy atom. The highest BCUT2D eigenvalue weighted by atomic mass is 16.5. The van der Waals surface area contributed by atoms with Crippen LogP contribution in [0, 0.1) is 13.8 Å². The summed E-state index contributed by atoms with van der Waals surface area (Å²) >= 11 is 0. The van der Waals surface area contributed by atoms with Crippen molar-refractivity contribution in [3.05, 3.63) is 52.7 Å². The van der Waals surface area contributed by atoms with Gasteiger partial charge in [0.2, 0.25) is 5.88 Å². The maximum absolute atomic E-state index is 5.04. The lowest BCUT2D eigenvalue weighted by molar-refractivity contribution is 0.390. The third kappa shape index (κ3) is 2.74. The van der Waals surface area contributed by atoms with Gasteiger partial charge < -0.3 is 10.1 Å². The fourth-order valence-corrected chi connectivity index (χ4v) is 2.14. The molecule has 0 aliphatic rings. The van der Waals surface area contributed by atoms with Crippen LogP contribution in [0.15, 0.2) is 30.3 Å². The summed E-state index contributed by atoms with van der Waals surface area (Å²) < 4.78 is 5.04. The zero-order chi connectivity index (χ0) is 13.8. The van der Waals surface area contributed by atoms with E-state index in [1.54, 1.807) is 7.11 Å². The molecule has 100 valence electrons. The van der Waals surface area contributed by atoms with Crippen molar-refractivity contribution < 1.29 is 4.74 Å². The molecule has 4 heteroatoms. The maximum Gasteiger partial charge on any atom is 0.233 e. The molecule has 0 fully saturated rings. The topological polar surface area (TPSA) is 47.0 Å². The molecule has 1 unspecified atom stereocenters. The predicted octanol–water partition coefficient (Wildman–Crippen LogP) is 2.41. The fourth-order valence-electron chi connectivity index (χ4n) is 2.14. The first-order valence-electron chi connectivity index (χ1n) is 6.28. The average molecular weight is 257 g/mol. The van der Waals surface area contributed by atoms with Gasteiger partial charge >= 0.3 is 0 Å². The van der Waals surface area contributed by atoms with Crippen LogP contribution in [0.3, 0.4) is 0 Å². The van der Waals surface area contributed by atoms with Crippen molar-refractivity contribution in [1.29, 1.82) is 0 Å². The standard InChI is InChI=1S/C15H19N3O/c1-10-6-5-7-12(11(10)2)15(16-3)13-8-9-14(19-4)18-17-13/h5-9,15-16H,1-4H3. The van der Waals surface area contributed by atoms with Gasteiger partial charge in [-0.3, -0.25) is 0 Å². The van der Waals surface area contributed by atoms with Crippen LogP contribution < -0.4 is 10.1 Å². The average Bonchev–Trinajstić information content (AvgIpc) is 2.45. The largest absolute Gasteiger partial charge is 0.480 e. The molecule has 0 bridgehead atoms. The smallest absolute Gasteiger partial charge is 0.233 e. The summed E-state index contributed by atoms with van der Waals surface area (Å²) in [5.74, 6) is 0.527. The Morgan fingerprint density at radius 3 is 2.47 bits per heavy atom. The molecular formula is C15H19N3O. The van der Waals surface area contributed by atoms with E-state index in [0.29, 0.717) is 5.88 Å². The van der Waals surface area contributed by atoms with Crippen LogP contribution >= 0.6 is 0 Å². The van der Waals surface area contributed by atoms with E-state index in [-0.39, 0.29) is 6.04 Å². The molecule has 4 nitrogen and oxygen atoms in total. The summed E-state index contributed by atoms with van der Waals surface area (Å²) in [6.07, 6.45) is 0. The second-order valence-electron chi connectivity index (χ2n) is 4.51. The second-order valence-corrected chi connectivity index (χ2v) is 4.51. The Hall–Kier alpha value is -1.94. The first-order chi connectivity index (χ1) is 9.17. The molecule has 1 aromatic heterocycles. The number of benzene rings is 1. The van der Waals surface area contributed by atoms with Gasteiger partial charge in [0.1, 0.15) is 0 Å². The quantitative estimate of drug-likeness (QED) is 0.913. The monoisotopic (exact) mass is 257 g/mol. The molecule has 0 radical (unpaired) electrons. The van der Waals surface area contributed by atoms with E-state index in [0.717, 1.165) is 5.69 Å². The van der Waals surface area contributed by atoms with E-state index >= 15 is 0 Å². The van der Waals surface area contributed by atoms with Gasteiger partial charge in [0.25, 0.3) is 0 Å². The molecule has 0 aliphatic carbocycles. The first kappa shape index (κ1) is 13.5. The highest BCUT2D eigenvalue weighted by molar-refractivity contribution is 5.39. The molecule has 1 heterocycles. The summed E-state index contributed by atoms with van der Waals surface area (Å²) in [7, 11) is 3.52. The summed E-state index contributed by atoms with van der Waals surface area (Å²) in [6.45, 7) is 4.25. The molecule has 1 atom stereocenters. The van der Waals surface area contributed by atoms with E-state index in [2.05, 4.69) is 47.6 Å². The number of aryl methyl sites for hydroxylation is 1. The number of ether oxygens (including phenoxy) is 1. The van der Waals surface area contributed by atoms with E-state index in [1.165, 1.54) is 16.7 Å². The summed E-state index contributed by atoms with van der Waals surface area (Å²) in [5, 5.41) is 11.6. The van der Waals surface area contributed by atoms with Gasteiger partial charge in [-0.2, -0.15) is 0 Å². The van der Waals surface area contributed by atoms with Crippen molar-refractivity contribution in [3.63, 3.8) is 0 Å². The molecule has 0 spiro atoms. The van der Waals surface area contributed by atoms with Crippen LogP contribution in [0.4, 0.5) is 0 Å². The van der Waals surface area contributed by atoms with Gasteiger partial charge in [-0.1, -0.05) is 18.2 Å². The van der Waals surface area contributed by atoms with Gasteiger partial charge in [0, 0.05) is 6.07 Å². The molecule has 19 heavy (non-hydrogen) atoms. The molecule has 0 amide bonds. The number of aromatic nitrogens is 2.